The maximum absolute atomic E-state index is 13.5. The molecule has 0 amide bonds. The van der Waals surface area contributed by atoms with Crippen molar-refractivity contribution in [2.45, 2.75) is 16.8 Å². The predicted octanol–water partition coefficient (Wildman–Crippen LogP) is 4.07. The monoisotopic (exact) mass is 450 g/mol. The molecule has 0 aliphatic heterocycles. The van der Waals surface area contributed by atoms with Gasteiger partial charge in [0.1, 0.15) is 0 Å². The molecule has 0 unspecified atom stereocenters. The van der Waals surface area contributed by atoms with E-state index in [1.807, 2.05) is 0 Å². The van der Waals surface area contributed by atoms with Crippen LogP contribution in [0.15, 0.2) is 0 Å². The van der Waals surface area contributed by atoms with Gasteiger partial charge in [-0.2, -0.15) is 0 Å². The van der Waals surface area contributed by atoms with Gasteiger partial charge in [-0.1, -0.05) is 0 Å². The standard InChI is InChI=1S/C9HAsF14/c11-2-1(3(12)5(14)6(15)4(2)13)10(23,24)8(18,19)7(16,17)9(20,21)22/h10H. The van der Waals surface area contributed by atoms with Gasteiger partial charge in [-0.05, 0) is 0 Å². The van der Waals surface area contributed by atoms with Crippen LogP contribution in [0.4, 0.5) is 59.6 Å². The number of hydrogen-bond donors (Lipinski definition) is 0. The Bertz CT molecular complexity index is 630. The van der Waals surface area contributed by atoms with Gasteiger partial charge in [-0.25, -0.2) is 0 Å². The Hall–Kier alpha value is -1.20. The summed E-state index contributed by atoms with van der Waals surface area (Å²) in [6.07, 6.45) is -7.28. The molecule has 0 nitrogen and oxygen atoms in total. The Morgan fingerprint density at radius 2 is 0.833 bits per heavy atom. The number of rotatable bonds is 3. The summed E-state index contributed by atoms with van der Waals surface area (Å²) in [6.45, 7) is 0. The molecule has 0 aliphatic carbocycles. The van der Waals surface area contributed by atoms with Crippen LogP contribution in [0.1, 0.15) is 0 Å². The molecule has 1 aromatic rings. The molecule has 0 atom stereocenters. The molecule has 0 N–H and O–H groups in total. The first-order chi connectivity index (χ1) is 10.4. The van der Waals surface area contributed by atoms with Crippen molar-refractivity contribution < 1.29 is 59.6 Å². The summed E-state index contributed by atoms with van der Waals surface area (Å²) in [5.74, 6) is -24.2. The average Bonchev–Trinajstić information content (AvgIpc) is 2.41. The SMILES string of the molecule is Fc1c(F)c(F)c([AsH](F)(F)C(F)(F)C(F)(F)C(F)(F)F)c(F)c1F. The van der Waals surface area contributed by atoms with Crippen molar-refractivity contribution in [3.63, 3.8) is 0 Å². The first-order valence-electron chi connectivity index (χ1n) is 5.15. The topological polar surface area (TPSA) is 0 Å². The van der Waals surface area contributed by atoms with Crippen molar-refractivity contribution in [1.82, 2.24) is 0 Å². The molecule has 0 fully saturated rings. The molecule has 140 valence electrons. The van der Waals surface area contributed by atoms with E-state index in [1.165, 1.54) is 0 Å². The second-order valence-corrected chi connectivity index (χ2v) is 8.94. The minimum absolute atomic E-state index is 3.09. The van der Waals surface area contributed by atoms with Gasteiger partial charge in [0.25, 0.3) is 0 Å². The Balaban J connectivity index is 3.80. The second-order valence-electron chi connectivity index (χ2n) is 4.17. The van der Waals surface area contributed by atoms with Crippen molar-refractivity contribution >= 4 is 18.8 Å². The van der Waals surface area contributed by atoms with E-state index >= 15 is 0 Å². The molecule has 1 aromatic carbocycles. The van der Waals surface area contributed by atoms with Gasteiger partial charge in [0, 0.05) is 0 Å². The fourth-order valence-electron chi connectivity index (χ4n) is 1.41. The van der Waals surface area contributed by atoms with Gasteiger partial charge in [0.2, 0.25) is 0 Å². The van der Waals surface area contributed by atoms with E-state index in [2.05, 4.69) is 0 Å². The van der Waals surface area contributed by atoms with Crippen LogP contribution in [-0.4, -0.2) is 31.3 Å². The third-order valence-electron chi connectivity index (χ3n) is 2.67. The summed E-state index contributed by atoms with van der Waals surface area (Å²) in [5, 5.41) is 0. The van der Waals surface area contributed by atoms with E-state index in [0.717, 1.165) is 0 Å². The van der Waals surface area contributed by atoms with Crippen LogP contribution in [0.25, 0.3) is 0 Å². The van der Waals surface area contributed by atoms with E-state index in [0.29, 0.717) is 0 Å². The van der Waals surface area contributed by atoms with Gasteiger partial charge in [-0.15, -0.1) is 0 Å². The van der Waals surface area contributed by atoms with Crippen LogP contribution in [0, 0.1) is 29.1 Å². The molecule has 24 heavy (non-hydrogen) atoms. The first kappa shape index (κ1) is 20.8. The molecule has 0 aliphatic rings. The summed E-state index contributed by atoms with van der Waals surface area (Å²) in [5.41, 5.74) is 0. The van der Waals surface area contributed by atoms with Crippen molar-refractivity contribution in [2.24, 2.45) is 0 Å². The van der Waals surface area contributed by atoms with Crippen LogP contribution in [0.5, 0.6) is 0 Å². The zero-order chi connectivity index (χ0) is 19.5. The van der Waals surface area contributed by atoms with Crippen LogP contribution in [0.3, 0.4) is 0 Å². The van der Waals surface area contributed by atoms with Gasteiger partial charge in [0.15, 0.2) is 0 Å². The Labute approximate surface area is 125 Å². The quantitative estimate of drug-likeness (QED) is 0.282. The van der Waals surface area contributed by atoms with E-state index < -0.39 is 64.7 Å². The van der Waals surface area contributed by atoms with Crippen molar-refractivity contribution in [1.29, 1.82) is 0 Å². The molecule has 1 rings (SSSR count). The Morgan fingerprint density at radius 3 is 1.12 bits per heavy atom. The number of alkyl halides is 7. The summed E-state index contributed by atoms with van der Waals surface area (Å²) in [7, 11) is 0. The van der Waals surface area contributed by atoms with Gasteiger partial charge in [0.05, 0.1) is 0 Å². The minimum atomic E-state index is -9.56. The Morgan fingerprint density at radius 1 is 0.542 bits per heavy atom. The number of benzene rings is 1. The fraction of sp³-hybridized carbons (Fsp3) is 0.333. The molecule has 0 bridgehead atoms. The molecule has 0 spiro atoms. The molecule has 0 saturated heterocycles. The summed E-state index contributed by atoms with van der Waals surface area (Å²) < 4.78 is 167. The summed E-state index contributed by atoms with van der Waals surface area (Å²) in [4.78, 5) is 0. The molecule has 0 aromatic heterocycles. The third-order valence-corrected chi connectivity index (χ3v) is 7.22. The van der Waals surface area contributed by atoms with Gasteiger partial charge >= 0.3 is 124 Å². The number of hydrogen-bond acceptors (Lipinski definition) is 0. The fourth-order valence-corrected chi connectivity index (χ4v) is 4.81. The normalized spacial score (nSPS) is 14.9. The Kier molecular flexibility index (Phi) is 4.92. The summed E-state index contributed by atoms with van der Waals surface area (Å²) >= 11 is -9.56. The van der Waals surface area contributed by atoms with Crippen molar-refractivity contribution in [3.05, 3.63) is 29.1 Å². The van der Waals surface area contributed by atoms with E-state index in [4.69, 9.17) is 0 Å². The van der Waals surface area contributed by atoms with Crippen LogP contribution < -0.4 is 4.35 Å². The molecular weight excluding hydrogens is 449 g/mol. The maximum atomic E-state index is 13.5. The number of halogens is 14. The molecule has 0 saturated carbocycles. The third kappa shape index (κ3) is 2.62. The van der Waals surface area contributed by atoms with Gasteiger partial charge < -0.3 is 0 Å². The summed E-state index contributed by atoms with van der Waals surface area (Å²) in [6, 6.07) is 0. The van der Waals surface area contributed by atoms with Crippen LogP contribution >= 0.6 is 0 Å². The van der Waals surface area contributed by atoms with Crippen LogP contribution in [-0.2, 0) is 0 Å². The van der Waals surface area contributed by atoms with Gasteiger partial charge in [-0.3, -0.25) is 0 Å². The van der Waals surface area contributed by atoms with Crippen molar-refractivity contribution in [3.8, 4) is 0 Å². The zero-order valence-corrected chi connectivity index (χ0v) is 12.4. The van der Waals surface area contributed by atoms with E-state index in [1.54, 1.807) is 0 Å². The average molecular weight is 450 g/mol. The first-order valence-corrected chi connectivity index (χ1v) is 8.83. The molecule has 15 heteroatoms. The van der Waals surface area contributed by atoms with E-state index in [-0.39, 0.29) is 0 Å². The van der Waals surface area contributed by atoms with Crippen molar-refractivity contribution in [2.75, 3.05) is 0 Å². The van der Waals surface area contributed by atoms with Crippen LogP contribution in [0.2, 0.25) is 0 Å². The second kappa shape index (κ2) is 5.66. The van der Waals surface area contributed by atoms with E-state index in [9.17, 15) is 59.6 Å². The zero-order valence-electron chi connectivity index (χ0n) is 10.3. The molecule has 0 radical (unpaired) electrons. The molecular formula is C9HAsF14. The molecule has 0 heterocycles. The predicted molar refractivity (Wildman–Crippen MR) is 51.2 cm³/mol.